The zero-order valence-corrected chi connectivity index (χ0v) is 29.5. The number of benzene rings is 9. The van der Waals surface area contributed by atoms with Gasteiger partial charge in [-0.05, 0) is 136 Å². The van der Waals surface area contributed by atoms with Gasteiger partial charge >= 0.3 is 0 Å². The molecule has 10 aromatic rings. The van der Waals surface area contributed by atoms with Crippen LogP contribution in [-0.2, 0) is 5.41 Å². The number of hydrogen-bond acceptors (Lipinski definition) is 1. The van der Waals surface area contributed by atoms with E-state index in [0.29, 0.717) is 0 Å². The Morgan fingerprint density at radius 2 is 1.06 bits per heavy atom. The molecule has 0 fully saturated rings. The summed E-state index contributed by atoms with van der Waals surface area (Å²) < 4.78 is 6.40. The lowest BCUT2D eigenvalue weighted by atomic mass is 9.69. The Morgan fingerprint density at radius 3 is 1.83 bits per heavy atom. The maximum Gasteiger partial charge on any atom is 0.136 e. The molecule has 13 rings (SSSR count). The van der Waals surface area contributed by atoms with E-state index in [1.807, 2.05) is 0 Å². The molecule has 1 atom stereocenters. The lowest BCUT2D eigenvalue weighted by Gasteiger charge is -2.32. The Balaban J connectivity index is 1.11. The summed E-state index contributed by atoms with van der Waals surface area (Å²) in [6, 6.07) is 59.1. The maximum atomic E-state index is 6.40. The van der Waals surface area contributed by atoms with Gasteiger partial charge in [0.1, 0.15) is 11.2 Å². The van der Waals surface area contributed by atoms with Crippen molar-refractivity contribution in [2.24, 2.45) is 0 Å². The summed E-state index contributed by atoms with van der Waals surface area (Å²) in [6.45, 7) is 0. The second-order valence-corrected chi connectivity index (χ2v) is 15.3. The average Bonchev–Trinajstić information content (AvgIpc) is 3.87. The molecule has 0 saturated carbocycles. The summed E-state index contributed by atoms with van der Waals surface area (Å²) in [5.41, 5.74) is 17.9. The predicted molar refractivity (Wildman–Crippen MR) is 225 cm³/mol. The van der Waals surface area contributed by atoms with Gasteiger partial charge in [-0.3, -0.25) is 0 Å². The van der Waals surface area contributed by atoms with Gasteiger partial charge in [-0.2, -0.15) is 0 Å². The van der Waals surface area contributed by atoms with Crippen molar-refractivity contribution in [1.29, 1.82) is 0 Å². The molecule has 250 valence electrons. The van der Waals surface area contributed by atoms with Crippen molar-refractivity contribution < 1.29 is 4.42 Å². The summed E-state index contributed by atoms with van der Waals surface area (Å²) in [6.07, 6.45) is 7.01. The van der Waals surface area contributed by atoms with Crippen LogP contribution in [0.3, 0.4) is 0 Å². The van der Waals surface area contributed by atoms with Gasteiger partial charge in [0.25, 0.3) is 0 Å². The Bertz CT molecular complexity index is 3270. The molecule has 3 aliphatic carbocycles. The lowest BCUT2D eigenvalue weighted by molar-refractivity contribution is 0.669. The molecule has 3 aliphatic rings. The molecule has 1 unspecified atom stereocenters. The zero-order chi connectivity index (χ0) is 35.1. The van der Waals surface area contributed by atoms with Crippen molar-refractivity contribution in [3.05, 3.63) is 198 Å². The molecular formula is C53H32O. The molecule has 0 aliphatic heterocycles. The van der Waals surface area contributed by atoms with Crippen molar-refractivity contribution in [3.63, 3.8) is 0 Å². The van der Waals surface area contributed by atoms with Crippen LogP contribution < -0.4 is 0 Å². The Hall–Kier alpha value is -6.70. The largest absolute Gasteiger partial charge is 0.456 e. The maximum absolute atomic E-state index is 6.40. The third-order valence-electron chi connectivity index (χ3n) is 12.9. The van der Waals surface area contributed by atoms with Crippen LogP contribution in [0.25, 0.3) is 93.2 Å². The van der Waals surface area contributed by atoms with E-state index in [-0.39, 0.29) is 5.41 Å². The molecule has 1 spiro atoms. The van der Waals surface area contributed by atoms with Gasteiger partial charge in [0.15, 0.2) is 0 Å². The third-order valence-corrected chi connectivity index (χ3v) is 12.9. The zero-order valence-electron chi connectivity index (χ0n) is 29.5. The first-order valence-corrected chi connectivity index (χ1v) is 19.2. The summed E-state index contributed by atoms with van der Waals surface area (Å²) in [4.78, 5) is 0. The Morgan fingerprint density at radius 1 is 0.444 bits per heavy atom. The highest BCUT2D eigenvalue weighted by atomic mass is 16.3. The first-order valence-electron chi connectivity index (χ1n) is 19.2. The second kappa shape index (κ2) is 10.2. The topological polar surface area (TPSA) is 13.1 Å². The molecule has 0 bridgehead atoms. The van der Waals surface area contributed by atoms with Crippen LogP contribution in [0.1, 0.15) is 35.1 Å². The van der Waals surface area contributed by atoms with Crippen LogP contribution in [0.5, 0.6) is 0 Å². The highest BCUT2D eigenvalue weighted by molar-refractivity contribution is 6.29. The summed E-state index contributed by atoms with van der Waals surface area (Å²) in [5.74, 6) is 0. The number of hydrogen-bond donors (Lipinski definition) is 0. The first-order chi connectivity index (χ1) is 26.8. The summed E-state index contributed by atoms with van der Waals surface area (Å²) in [5, 5.41) is 9.92. The fraction of sp³-hybridized carbons (Fsp3) is 0.0566. The fourth-order valence-electron chi connectivity index (χ4n) is 10.9. The van der Waals surface area contributed by atoms with Crippen molar-refractivity contribution in [2.45, 2.75) is 18.3 Å². The Kier molecular flexibility index (Phi) is 5.47. The molecule has 0 N–H and O–H groups in total. The third kappa shape index (κ3) is 3.42. The average molecular weight is 685 g/mol. The van der Waals surface area contributed by atoms with Gasteiger partial charge in [-0.1, -0.05) is 146 Å². The molecule has 1 aromatic heterocycles. The fourth-order valence-corrected chi connectivity index (χ4v) is 10.9. The number of fused-ring (bicyclic) bond motifs is 11. The number of furan rings is 1. The molecule has 54 heavy (non-hydrogen) atoms. The molecule has 0 amide bonds. The first kappa shape index (κ1) is 28.8. The molecule has 1 heterocycles. The van der Waals surface area contributed by atoms with Crippen LogP contribution in [0.4, 0.5) is 0 Å². The SMILES string of the molecule is C1=CC2=C(CC1)c1ccccc1C21c2ccccc2-c2cc(-c3c4ccccc4c(-c4cc5cccc6oc7cccc4c7c56)c4ccccc34)ccc21. The minimum absolute atomic E-state index is 0.301. The normalized spacial score (nSPS) is 17.0. The van der Waals surface area contributed by atoms with Gasteiger partial charge < -0.3 is 4.42 Å². The van der Waals surface area contributed by atoms with Gasteiger partial charge in [0.2, 0.25) is 0 Å². The summed E-state index contributed by atoms with van der Waals surface area (Å²) in [7, 11) is 0. The second-order valence-electron chi connectivity index (χ2n) is 15.3. The van der Waals surface area contributed by atoms with Crippen molar-refractivity contribution >= 4 is 59.8 Å². The molecule has 1 heteroatoms. The van der Waals surface area contributed by atoms with Gasteiger partial charge in [0.05, 0.1) is 5.41 Å². The van der Waals surface area contributed by atoms with Crippen LogP contribution in [0, 0.1) is 0 Å². The van der Waals surface area contributed by atoms with Crippen LogP contribution in [0.2, 0.25) is 0 Å². The minimum Gasteiger partial charge on any atom is -0.456 e. The van der Waals surface area contributed by atoms with Gasteiger partial charge in [-0.25, -0.2) is 0 Å². The standard InChI is InChI=1S/C53H32O/c1-3-19-38-36(17-1)49(37-18-2-4-20-39(37)51(38)42-30-31-13-11-25-47-50(31)52-40(42)21-12-26-48(52)54-47)32-27-28-46-41(29-32)35-16-7-10-24-45(35)53(46)43-22-8-5-14-33(43)34-15-6-9-23-44(34)53/h1-5,7-14,16-30H,6,15H2. The molecule has 0 radical (unpaired) electrons. The minimum atomic E-state index is -0.301. The molecule has 9 aromatic carbocycles. The van der Waals surface area contributed by atoms with Crippen LogP contribution in [0.15, 0.2) is 180 Å². The van der Waals surface area contributed by atoms with E-state index in [2.05, 4.69) is 170 Å². The number of rotatable bonds is 2. The van der Waals surface area contributed by atoms with E-state index in [1.54, 1.807) is 0 Å². The summed E-state index contributed by atoms with van der Waals surface area (Å²) >= 11 is 0. The lowest BCUT2D eigenvalue weighted by Crippen LogP contribution is -2.27. The van der Waals surface area contributed by atoms with Crippen LogP contribution >= 0.6 is 0 Å². The van der Waals surface area contributed by atoms with Gasteiger partial charge in [0, 0.05) is 10.8 Å². The molecular weight excluding hydrogens is 653 g/mol. The number of allylic oxidation sites excluding steroid dienone is 4. The smallest absolute Gasteiger partial charge is 0.136 e. The van der Waals surface area contributed by atoms with E-state index in [0.717, 1.165) is 24.0 Å². The predicted octanol–water partition coefficient (Wildman–Crippen LogP) is 14.2. The van der Waals surface area contributed by atoms with E-state index in [4.69, 9.17) is 4.42 Å². The quantitative estimate of drug-likeness (QED) is 0.130. The van der Waals surface area contributed by atoms with E-state index < -0.39 is 0 Å². The Labute approximate surface area is 312 Å². The van der Waals surface area contributed by atoms with Crippen molar-refractivity contribution in [3.8, 4) is 33.4 Å². The van der Waals surface area contributed by atoms with Gasteiger partial charge in [-0.15, -0.1) is 0 Å². The van der Waals surface area contributed by atoms with Crippen molar-refractivity contribution in [2.75, 3.05) is 0 Å². The van der Waals surface area contributed by atoms with E-state index in [9.17, 15) is 0 Å². The van der Waals surface area contributed by atoms with Crippen LogP contribution in [-0.4, -0.2) is 0 Å². The molecule has 1 nitrogen and oxygen atoms in total. The highest BCUT2D eigenvalue weighted by Crippen LogP contribution is 2.63. The van der Waals surface area contributed by atoms with E-state index >= 15 is 0 Å². The molecule has 0 saturated heterocycles. The van der Waals surface area contributed by atoms with E-state index in [1.165, 1.54) is 110 Å². The highest BCUT2D eigenvalue weighted by Gasteiger charge is 2.52. The monoisotopic (exact) mass is 684 g/mol. The van der Waals surface area contributed by atoms with Crippen molar-refractivity contribution in [1.82, 2.24) is 0 Å².